The summed E-state index contributed by atoms with van der Waals surface area (Å²) in [6.07, 6.45) is 2.03. The summed E-state index contributed by atoms with van der Waals surface area (Å²) in [7, 11) is 0. The van der Waals surface area contributed by atoms with Gasteiger partial charge < -0.3 is 10.4 Å². The normalized spacial score (nSPS) is 14.7. The SMILES string of the molecule is O=C(O)C(F)(F)F.c1csc(C(Cc2ccncc2)NC2Cc3cscc3C2)c1. The van der Waals surface area contributed by atoms with Crippen LogP contribution >= 0.6 is 22.7 Å². The fourth-order valence-corrected chi connectivity index (χ4v) is 4.88. The quantitative estimate of drug-likeness (QED) is 0.594. The van der Waals surface area contributed by atoms with Crippen LogP contribution in [0.25, 0.3) is 0 Å². The zero-order valence-corrected chi connectivity index (χ0v) is 16.9. The molecule has 0 spiro atoms. The van der Waals surface area contributed by atoms with E-state index in [0.717, 1.165) is 19.3 Å². The fraction of sp³-hybridized carbons (Fsp3) is 0.300. The Bertz CT molecular complexity index is 891. The maximum Gasteiger partial charge on any atom is 0.490 e. The molecule has 4 nitrogen and oxygen atoms in total. The Morgan fingerprint density at radius 2 is 1.83 bits per heavy atom. The number of nitrogens with zero attached hydrogens (tertiary/aromatic N) is 1. The second-order valence-electron chi connectivity index (χ2n) is 6.62. The van der Waals surface area contributed by atoms with Crippen LogP contribution in [-0.2, 0) is 24.1 Å². The van der Waals surface area contributed by atoms with Crippen LogP contribution in [0.3, 0.4) is 0 Å². The van der Waals surface area contributed by atoms with Crippen molar-refractivity contribution < 1.29 is 23.1 Å². The van der Waals surface area contributed by atoms with E-state index in [9.17, 15) is 13.2 Å². The summed E-state index contributed by atoms with van der Waals surface area (Å²) in [4.78, 5) is 14.4. The average molecular weight is 441 g/mol. The van der Waals surface area contributed by atoms with Gasteiger partial charge in [-0.1, -0.05) is 6.07 Å². The molecule has 0 aromatic carbocycles. The largest absolute Gasteiger partial charge is 0.490 e. The number of alkyl halides is 3. The van der Waals surface area contributed by atoms with Gasteiger partial charge in [0.15, 0.2) is 0 Å². The zero-order valence-electron chi connectivity index (χ0n) is 15.2. The van der Waals surface area contributed by atoms with Gasteiger partial charge in [0, 0.05) is 29.4 Å². The van der Waals surface area contributed by atoms with E-state index < -0.39 is 12.1 Å². The number of hydrogen-bond donors (Lipinski definition) is 2. The highest BCUT2D eigenvalue weighted by Crippen LogP contribution is 2.29. The Balaban J connectivity index is 0.000000298. The second-order valence-corrected chi connectivity index (χ2v) is 8.35. The molecule has 0 fully saturated rings. The van der Waals surface area contributed by atoms with Gasteiger partial charge in [0.1, 0.15) is 0 Å². The second kappa shape index (κ2) is 9.51. The first-order valence-electron chi connectivity index (χ1n) is 8.85. The average Bonchev–Trinajstić information content (AvgIpc) is 3.39. The Morgan fingerprint density at radius 1 is 1.21 bits per heavy atom. The van der Waals surface area contributed by atoms with E-state index in [0.29, 0.717) is 12.1 Å². The van der Waals surface area contributed by atoms with Crippen LogP contribution in [-0.4, -0.2) is 28.3 Å². The van der Waals surface area contributed by atoms with Gasteiger partial charge in [-0.25, -0.2) is 4.79 Å². The van der Waals surface area contributed by atoms with Gasteiger partial charge in [0.05, 0.1) is 0 Å². The lowest BCUT2D eigenvalue weighted by Crippen LogP contribution is -2.34. The molecule has 3 aromatic rings. The summed E-state index contributed by atoms with van der Waals surface area (Å²) in [6.45, 7) is 0. The third-order valence-corrected chi connectivity index (χ3v) is 6.35. The molecule has 0 amide bonds. The lowest BCUT2D eigenvalue weighted by atomic mass is 10.0. The number of halogens is 3. The van der Waals surface area contributed by atoms with Crippen LogP contribution in [0.5, 0.6) is 0 Å². The Labute approximate surface area is 174 Å². The Hall–Kier alpha value is -2.23. The highest BCUT2D eigenvalue weighted by atomic mass is 32.1. The molecule has 2 N–H and O–H groups in total. The molecule has 0 aliphatic heterocycles. The van der Waals surface area contributed by atoms with E-state index in [4.69, 9.17) is 9.90 Å². The first-order valence-corrected chi connectivity index (χ1v) is 10.7. The van der Waals surface area contributed by atoms with Crippen LogP contribution in [0.4, 0.5) is 13.2 Å². The van der Waals surface area contributed by atoms with Crippen molar-refractivity contribution in [2.24, 2.45) is 0 Å². The van der Waals surface area contributed by atoms with Crippen LogP contribution in [0.15, 0.2) is 52.8 Å². The van der Waals surface area contributed by atoms with E-state index in [-0.39, 0.29) is 0 Å². The molecule has 3 aromatic heterocycles. The third-order valence-electron chi connectivity index (χ3n) is 4.52. The standard InChI is InChI=1S/C18H18N2S2.C2HF3O2/c1-2-18(22-7-1)17(8-13-3-5-19-6-4-13)20-16-9-14-11-21-12-15(14)10-16;3-2(4,5)1(6)7/h1-7,11-12,16-17,20H,8-10H2;(H,6,7). The lowest BCUT2D eigenvalue weighted by molar-refractivity contribution is -0.192. The molecule has 1 aliphatic rings. The molecule has 3 heterocycles. The maximum absolute atomic E-state index is 10.6. The number of nitrogens with one attached hydrogen (secondary N) is 1. The number of rotatable bonds is 5. The summed E-state index contributed by atoms with van der Waals surface area (Å²) in [5, 5.41) is 17.8. The fourth-order valence-electron chi connectivity index (χ4n) is 3.20. The molecule has 1 atom stereocenters. The molecule has 1 aliphatic carbocycles. The number of thiophene rings is 2. The molecule has 0 radical (unpaired) electrons. The first kappa shape index (κ1) is 21.5. The van der Waals surface area contributed by atoms with Gasteiger partial charge in [-0.3, -0.25) is 4.98 Å². The van der Waals surface area contributed by atoms with Crippen molar-refractivity contribution >= 4 is 28.6 Å². The summed E-state index contributed by atoms with van der Waals surface area (Å²) >= 11 is 3.67. The van der Waals surface area contributed by atoms with Gasteiger partial charge in [-0.15, -0.1) is 11.3 Å². The number of carboxylic acid groups (broad SMARTS) is 1. The van der Waals surface area contributed by atoms with Gasteiger partial charge in [-0.05, 0) is 70.3 Å². The molecule has 9 heteroatoms. The van der Waals surface area contributed by atoms with E-state index >= 15 is 0 Å². The molecular formula is C20H19F3N2O2S2. The highest BCUT2D eigenvalue weighted by molar-refractivity contribution is 7.10. The molecular weight excluding hydrogens is 421 g/mol. The monoisotopic (exact) mass is 440 g/mol. The van der Waals surface area contributed by atoms with Gasteiger partial charge in [0.2, 0.25) is 0 Å². The summed E-state index contributed by atoms with van der Waals surface area (Å²) < 4.78 is 31.7. The molecule has 1 unspecified atom stereocenters. The Morgan fingerprint density at radius 3 is 2.34 bits per heavy atom. The number of aliphatic carboxylic acids is 1. The van der Waals surface area contributed by atoms with E-state index in [1.165, 1.54) is 21.6 Å². The predicted molar refractivity (Wildman–Crippen MR) is 107 cm³/mol. The van der Waals surface area contributed by atoms with Crippen molar-refractivity contribution in [2.75, 3.05) is 0 Å². The molecule has 4 rings (SSSR count). The highest BCUT2D eigenvalue weighted by Gasteiger charge is 2.38. The van der Waals surface area contributed by atoms with Gasteiger partial charge in [-0.2, -0.15) is 24.5 Å². The van der Waals surface area contributed by atoms with Crippen molar-refractivity contribution in [1.29, 1.82) is 0 Å². The minimum atomic E-state index is -5.08. The number of hydrogen-bond acceptors (Lipinski definition) is 5. The maximum atomic E-state index is 10.6. The Kier molecular flexibility index (Phi) is 7.05. The molecule has 154 valence electrons. The first-order chi connectivity index (χ1) is 13.8. The summed E-state index contributed by atoms with van der Waals surface area (Å²) in [5.74, 6) is -2.76. The van der Waals surface area contributed by atoms with Crippen LogP contribution in [0.1, 0.15) is 27.6 Å². The van der Waals surface area contributed by atoms with E-state index in [1.807, 2.05) is 35.1 Å². The number of carbonyl (C=O) groups is 1. The van der Waals surface area contributed by atoms with Crippen molar-refractivity contribution in [2.45, 2.75) is 37.5 Å². The topological polar surface area (TPSA) is 62.2 Å². The van der Waals surface area contributed by atoms with Gasteiger partial charge in [0.25, 0.3) is 0 Å². The van der Waals surface area contributed by atoms with Crippen LogP contribution < -0.4 is 5.32 Å². The summed E-state index contributed by atoms with van der Waals surface area (Å²) in [5.41, 5.74) is 4.42. The molecule has 0 bridgehead atoms. The lowest BCUT2D eigenvalue weighted by Gasteiger charge is -2.22. The number of pyridine rings is 1. The van der Waals surface area contributed by atoms with Crippen molar-refractivity contribution in [3.63, 3.8) is 0 Å². The van der Waals surface area contributed by atoms with Crippen molar-refractivity contribution in [1.82, 2.24) is 10.3 Å². The number of fused-ring (bicyclic) bond motifs is 1. The number of carboxylic acids is 1. The summed E-state index contributed by atoms with van der Waals surface area (Å²) in [6, 6.07) is 9.58. The van der Waals surface area contributed by atoms with E-state index in [1.54, 1.807) is 0 Å². The zero-order chi connectivity index (χ0) is 20.9. The van der Waals surface area contributed by atoms with Gasteiger partial charge >= 0.3 is 12.1 Å². The minimum Gasteiger partial charge on any atom is -0.475 e. The predicted octanol–water partition coefficient (Wildman–Crippen LogP) is 4.88. The van der Waals surface area contributed by atoms with Crippen LogP contribution in [0, 0.1) is 0 Å². The van der Waals surface area contributed by atoms with Crippen molar-refractivity contribution in [3.8, 4) is 0 Å². The van der Waals surface area contributed by atoms with E-state index in [2.05, 4.69) is 50.7 Å². The molecule has 29 heavy (non-hydrogen) atoms. The molecule has 0 saturated heterocycles. The minimum absolute atomic E-state index is 0.389. The third kappa shape index (κ3) is 6.12. The van der Waals surface area contributed by atoms with Crippen LogP contribution in [0.2, 0.25) is 0 Å². The van der Waals surface area contributed by atoms with Crippen molar-refractivity contribution in [3.05, 3.63) is 74.4 Å². The smallest absolute Gasteiger partial charge is 0.475 e. The molecule has 0 saturated carbocycles. The number of aromatic nitrogens is 1.